The topological polar surface area (TPSA) is 56.9 Å². The van der Waals surface area contributed by atoms with E-state index in [4.69, 9.17) is 9.52 Å². The van der Waals surface area contributed by atoms with Crippen LogP contribution in [0.5, 0.6) is 0 Å². The molecule has 0 radical (unpaired) electrons. The van der Waals surface area contributed by atoms with Crippen LogP contribution in [-0.2, 0) is 6.54 Å². The molecule has 1 heterocycles. The molecule has 0 aromatic carbocycles. The van der Waals surface area contributed by atoms with Crippen molar-refractivity contribution < 1.29 is 14.3 Å². The molecule has 0 saturated heterocycles. The number of furan rings is 1. The van der Waals surface area contributed by atoms with Gasteiger partial charge in [0, 0.05) is 5.56 Å². The van der Waals surface area contributed by atoms with Gasteiger partial charge in [0.2, 0.25) is 5.76 Å². The molecule has 0 amide bonds. The van der Waals surface area contributed by atoms with E-state index in [2.05, 4.69) is 30.8 Å². The van der Waals surface area contributed by atoms with Gasteiger partial charge in [0.15, 0.2) is 0 Å². The van der Waals surface area contributed by atoms with Crippen molar-refractivity contribution in [1.29, 1.82) is 0 Å². The number of aromatic carboxylic acids is 1. The van der Waals surface area contributed by atoms with Crippen LogP contribution in [0, 0.1) is 6.92 Å². The Morgan fingerprint density at radius 2 is 2.05 bits per heavy atom. The van der Waals surface area contributed by atoms with Crippen molar-refractivity contribution in [3.8, 4) is 0 Å². The van der Waals surface area contributed by atoms with Crippen LogP contribution in [0.3, 0.4) is 0 Å². The molecule has 1 aromatic rings. The number of hydrogen-bond acceptors (Lipinski definition) is 4. The molecule has 108 valence electrons. The number of hydrogen-bond donors (Lipinski definition) is 1. The molecule has 0 fully saturated rings. The van der Waals surface area contributed by atoms with Crippen LogP contribution >= 0.6 is 0 Å². The lowest BCUT2D eigenvalue weighted by Gasteiger charge is -2.20. The molecular weight excluding hydrogens is 244 g/mol. The summed E-state index contributed by atoms with van der Waals surface area (Å²) in [5.74, 6) is -0.222. The number of nitrogens with zero attached hydrogens (tertiary/aromatic N) is 2. The lowest BCUT2D eigenvalue weighted by atomic mass is 10.2. The van der Waals surface area contributed by atoms with Gasteiger partial charge in [-0.15, -0.1) is 0 Å². The molecule has 5 nitrogen and oxygen atoms in total. The maximum absolute atomic E-state index is 10.9. The first-order chi connectivity index (χ1) is 8.93. The van der Waals surface area contributed by atoms with Crippen molar-refractivity contribution in [2.75, 3.05) is 33.7 Å². The van der Waals surface area contributed by atoms with E-state index in [1.54, 1.807) is 6.92 Å². The molecule has 0 spiro atoms. The zero-order chi connectivity index (χ0) is 14.4. The predicted octanol–water partition coefficient (Wildman–Crippen LogP) is 2.06. The average Bonchev–Trinajstić information content (AvgIpc) is 2.68. The van der Waals surface area contributed by atoms with Crippen LogP contribution in [0.2, 0.25) is 0 Å². The van der Waals surface area contributed by atoms with Crippen LogP contribution in [0.25, 0.3) is 0 Å². The van der Waals surface area contributed by atoms with Gasteiger partial charge in [-0.05, 0) is 53.1 Å². The molecule has 1 rings (SSSR count). The Hall–Kier alpha value is -1.33. The van der Waals surface area contributed by atoms with E-state index >= 15 is 0 Å². The average molecular weight is 268 g/mol. The molecule has 19 heavy (non-hydrogen) atoms. The standard InChI is InChI=1S/C14H24N2O3/c1-5-16(8-6-7-15(3)4)10-12-9-11(2)13(19-12)14(17)18/h9H,5-8,10H2,1-4H3,(H,17,18). The summed E-state index contributed by atoms with van der Waals surface area (Å²) in [6.07, 6.45) is 1.09. The molecule has 0 unspecified atom stereocenters. The van der Waals surface area contributed by atoms with Crippen molar-refractivity contribution in [2.24, 2.45) is 0 Å². The smallest absolute Gasteiger partial charge is 0.372 e. The first-order valence-electron chi connectivity index (χ1n) is 6.63. The number of carboxylic acids is 1. The van der Waals surface area contributed by atoms with Crippen LogP contribution in [-0.4, -0.2) is 54.6 Å². The van der Waals surface area contributed by atoms with Gasteiger partial charge in [-0.3, -0.25) is 4.90 Å². The second kappa shape index (κ2) is 7.31. The summed E-state index contributed by atoms with van der Waals surface area (Å²) in [6, 6.07) is 1.82. The maximum Gasteiger partial charge on any atom is 0.372 e. The van der Waals surface area contributed by atoms with Gasteiger partial charge in [-0.25, -0.2) is 4.79 Å². The third kappa shape index (κ3) is 5.04. The second-order valence-corrected chi connectivity index (χ2v) is 5.06. The molecular formula is C14H24N2O3. The first-order valence-corrected chi connectivity index (χ1v) is 6.63. The molecule has 0 aliphatic rings. The largest absolute Gasteiger partial charge is 0.475 e. The Bertz CT molecular complexity index is 413. The monoisotopic (exact) mass is 268 g/mol. The molecule has 5 heteroatoms. The normalized spacial score (nSPS) is 11.5. The Balaban J connectivity index is 2.55. The van der Waals surface area contributed by atoms with E-state index in [-0.39, 0.29) is 5.76 Å². The highest BCUT2D eigenvalue weighted by atomic mass is 16.4. The molecule has 0 aliphatic heterocycles. The predicted molar refractivity (Wildman–Crippen MR) is 74.5 cm³/mol. The van der Waals surface area contributed by atoms with Crippen LogP contribution in [0.15, 0.2) is 10.5 Å². The van der Waals surface area contributed by atoms with Gasteiger partial charge in [-0.1, -0.05) is 6.92 Å². The van der Waals surface area contributed by atoms with Crippen molar-refractivity contribution in [3.05, 3.63) is 23.2 Å². The van der Waals surface area contributed by atoms with E-state index < -0.39 is 5.97 Å². The Labute approximate surface area is 114 Å². The number of rotatable bonds is 8. The summed E-state index contributed by atoms with van der Waals surface area (Å²) < 4.78 is 5.38. The SMILES string of the molecule is CCN(CCCN(C)C)Cc1cc(C)c(C(=O)O)o1. The van der Waals surface area contributed by atoms with Crippen LogP contribution < -0.4 is 0 Å². The third-order valence-electron chi connectivity index (χ3n) is 3.07. The Kier molecular flexibility index (Phi) is 6.05. The summed E-state index contributed by atoms with van der Waals surface area (Å²) in [4.78, 5) is 15.3. The highest BCUT2D eigenvalue weighted by Crippen LogP contribution is 2.16. The minimum absolute atomic E-state index is 0.0549. The molecule has 0 atom stereocenters. The van der Waals surface area contributed by atoms with Crippen molar-refractivity contribution in [2.45, 2.75) is 26.8 Å². The zero-order valence-electron chi connectivity index (χ0n) is 12.3. The molecule has 1 aromatic heterocycles. The summed E-state index contributed by atoms with van der Waals surface area (Å²) in [7, 11) is 4.12. The van der Waals surface area contributed by atoms with Gasteiger partial charge >= 0.3 is 5.97 Å². The molecule has 0 saturated carbocycles. The number of carbonyl (C=O) groups is 1. The van der Waals surface area contributed by atoms with Crippen LogP contribution in [0.4, 0.5) is 0 Å². The van der Waals surface area contributed by atoms with Gasteiger partial charge in [0.05, 0.1) is 6.54 Å². The third-order valence-corrected chi connectivity index (χ3v) is 3.07. The van der Waals surface area contributed by atoms with E-state index in [0.717, 1.165) is 31.8 Å². The van der Waals surface area contributed by atoms with E-state index in [9.17, 15) is 4.79 Å². The molecule has 0 aliphatic carbocycles. The second-order valence-electron chi connectivity index (χ2n) is 5.06. The zero-order valence-corrected chi connectivity index (χ0v) is 12.3. The van der Waals surface area contributed by atoms with Crippen LogP contribution in [0.1, 0.15) is 35.2 Å². The van der Waals surface area contributed by atoms with E-state index in [1.165, 1.54) is 0 Å². The minimum atomic E-state index is -1.00. The summed E-state index contributed by atoms with van der Waals surface area (Å²) in [5, 5.41) is 8.96. The maximum atomic E-state index is 10.9. The number of aryl methyl sites for hydroxylation is 1. The fraction of sp³-hybridized carbons (Fsp3) is 0.643. The van der Waals surface area contributed by atoms with Gasteiger partial charge < -0.3 is 14.4 Å². The van der Waals surface area contributed by atoms with Crippen molar-refractivity contribution in [1.82, 2.24) is 9.80 Å². The van der Waals surface area contributed by atoms with Crippen molar-refractivity contribution in [3.63, 3.8) is 0 Å². The van der Waals surface area contributed by atoms with E-state index in [0.29, 0.717) is 12.1 Å². The van der Waals surface area contributed by atoms with Crippen molar-refractivity contribution >= 4 is 5.97 Å². The molecule has 1 N–H and O–H groups in total. The highest BCUT2D eigenvalue weighted by molar-refractivity contribution is 5.86. The fourth-order valence-electron chi connectivity index (χ4n) is 2.02. The van der Waals surface area contributed by atoms with Gasteiger partial charge in [0.25, 0.3) is 0 Å². The highest BCUT2D eigenvalue weighted by Gasteiger charge is 2.15. The quantitative estimate of drug-likeness (QED) is 0.782. The number of carboxylic acid groups (broad SMARTS) is 1. The Morgan fingerprint density at radius 3 is 2.53 bits per heavy atom. The lowest BCUT2D eigenvalue weighted by molar-refractivity contribution is 0.0657. The summed E-state index contributed by atoms with van der Waals surface area (Å²) in [6.45, 7) is 7.49. The lowest BCUT2D eigenvalue weighted by Crippen LogP contribution is -2.26. The fourth-order valence-corrected chi connectivity index (χ4v) is 2.02. The summed E-state index contributed by atoms with van der Waals surface area (Å²) >= 11 is 0. The van der Waals surface area contributed by atoms with Gasteiger partial charge in [-0.2, -0.15) is 0 Å². The Morgan fingerprint density at radius 1 is 1.37 bits per heavy atom. The minimum Gasteiger partial charge on any atom is -0.475 e. The first kappa shape index (κ1) is 15.7. The molecule has 0 bridgehead atoms. The summed E-state index contributed by atoms with van der Waals surface area (Å²) in [5.41, 5.74) is 0.687. The van der Waals surface area contributed by atoms with Gasteiger partial charge in [0.1, 0.15) is 5.76 Å². The van der Waals surface area contributed by atoms with E-state index in [1.807, 2.05) is 6.07 Å².